The number of carbonyl (C=O) groups excluding carboxylic acids is 2. The van der Waals surface area contributed by atoms with Crippen LogP contribution in [-0.2, 0) is 9.53 Å². The van der Waals surface area contributed by atoms with Crippen LogP contribution in [0.5, 0.6) is 5.75 Å². The average molecular weight is 527 g/mol. The van der Waals surface area contributed by atoms with E-state index in [-0.39, 0.29) is 12.0 Å². The molecule has 0 spiro atoms. The second-order valence-corrected chi connectivity index (χ2v) is 10.9. The van der Waals surface area contributed by atoms with Crippen LogP contribution >= 0.6 is 11.6 Å². The molecule has 3 aromatic rings. The molecule has 198 valence electrons. The molecular weight excluding hydrogens is 492 g/mol. The summed E-state index contributed by atoms with van der Waals surface area (Å²) >= 11 is 6.19. The molecule has 1 aromatic heterocycles. The van der Waals surface area contributed by atoms with Crippen molar-refractivity contribution in [1.29, 1.82) is 0 Å². The van der Waals surface area contributed by atoms with Crippen LogP contribution in [0.1, 0.15) is 44.7 Å². The molecule has 1 fully saturated rings. The number of hydrogen-bond donors (Lipinski definition) is 1. The third kappa shape index (κ3) is 6.74. The van der Waals surface area contributed by atoms with Crippen molar-refractivity contribution in [3.05, 3.63) is 46.5 Å². The smallest absolute Gasteiger partial charge is 0.410 e. The first kappa shape index (κ1) is 26.8. The van der Waals surface area contributed by atoms with Gasteiger partial charge in [0, 0.05) is 43.2 Å². The first-order chi connectivity index (χ1) is 17.5. The Kier molecular flexibility index (Phi) is 7.97. The Balaban J connectivity index is 1.29. The van der Waals surface area contributed by atoms with Gasteiger partial charge in [0.15, 0.2) is 0 Å². The zero-order chi connectivity index (χ0) is 26.7. The van der Waals surface area contributed by atoms with Gasteiger partial charge in [-0.2, -0.15) is 0 Å². The number of aryl methyl sites for hydroxylation is 2. The van der Waals surface area contributed by atoms with Crippen molar-refractivity contribution in [1.82, 2.24) is 19.8 Å². The van der Waals surface area contributed by atoms with E-state index >= 15 is 0 Å². The molecule has 8 nitrogen and oxygen atoms in total. The maximum absolute atomic E-state index is 12.5. The Hall–Kier alpha value is -3.26. The minimum absolute atomic E-state index is 0.0496. The third-order valence-electron chi connectivity index (χ3n) is 6.28. The molecule has 0 saturated carbocycles. The first-order valence-corrected chi connectivity index (χ1v) is 13.0. The number of nitrogens with zero attached hydrogens (tertiary/aromatic N) is 3. The number of aromatic amines is 1. The molecule has 0 unspecified atom stereocenters. The Labute approximate surface area is 222 Å². The van der Waals surface area contributed by atoms with E-state index in [1.165, 1.54) is 0 Å². The van der Waals surface area contributed by atoms with Crippen molar-refractivity contribution in [3.8, 4) is 17.1 Å². The lowest BCUT2D eigenvalue weighted by atomic mass is 10.1. The molecule has 1 saturated heterocycles. The molecule has 1 N–H and O–H groups in total. The lowest BCUT2D eigenvalue weighted by Gasteiger charge is -2.26. The highest BCUT2D eigenvalue weighted by atomic mass is 35.5. The Morgan fingerprint density at radius 3 is 2.62 bits per heavy atom. The zero-order valence-electron chi connectivity index (χ0n) is 22.2. The molecule has 0 atom stereocenters. The van der Waals surface area contributed by atoms with Crippen LogP contribution in [0.2, 0.25) is 5.02 Å². The molecule has 9 heteroatoms. The van der Waals surface area contributed by atoms with Gasteiger partial charge in [-0.15, -0.1) is 0 Å². The minimum atomic E-state index is -0.555. The molecule has 2 amide bonds. The van der Waals surface area contributed by atoms with Crippen molar-refractivity contribution in [2.75, 3.05) is 32.8 Å². The summed E-state index contributed by atoms with van der Waals surface area (Å²) in [7, 11) is 0. The van der Waals surface area contributed by atoms with Crippen LogP contribution in [0.15, 0.2) is 30.3 Å². The molecule has 1 aliphatic rings. The maximum atomic E-state index is 12.5. The van der Waals surface area contributed by atoms with Gasteiger partial charge in [-0.3, -0.25) is 4.79 Å². The van der Waals surface area contributed by atoms with E-state index in [9.17, 15) is 9.59 Å². The summed E-state index contributed by atoms with van der Waals surface area (Å²) < 4.78 is 11.4. The minimum Gasteiger partial charge on any atom is -0.494 e. The molecule has 1 aliphatic heterocycles. The molecule has 37 heavy (non-hydrogen) atoms. The van der Waals surface area contributed by atoms with Crippen molar-refractivity contribution in [2.45, 2.75) is 53.1 Å². The predicted octanol–water partition coefficient (Wildman–Crippen LogP) is 5.74. The van der Waals surface area contributed by atoms with Crippen LogP contribution < -0.4 is 4.74 Å². The predicted molar refractivity (Wildman–Crippen MR) is 145 cm³/mol. The number of amides is 2. The third-order valence-corrected chi connectivity index (χ3v) is 6.49. The number of benzene rings is 2. The lowest BCUT2D eigenvalue weighted by Crippen LogP contribution is -2.39. The SMILES string of the molecule is Cc1cc(OCCCN2CCN(C(=O)OC(C)(C)C)CCC2=O)ccc1-c1nc2c(C)cc(Cl)cc2[nH]1. The topological polar surface area (TPSA) is 87.8 Å². The van der Waals surface area contributed by atoms with E-state index in [0.29, 0.717) is 50.7 Å². The van der Waals surface area contributed by atoms with Gasteiger partial charge in [-0.05, 0) is 82.5 Å². The van der Waals surface area contributed by atoms with Crippen molar-refractivity contribution < 1.29 is 19.1 Å². The van der Waals surface area contributed by atoms with Crippen LogP contribution in [-0.4, -0.2) is 70.2 Å². The summed E-state index contributed by atoms with van der Waals surface area (Å²) in [5.74, 6) is 1.62. The van der Waals surface area contributed by atoms with E-state index < -0.39 is 5.60 Å². The highest BCUT2D eigenvalue weighted by Gasteiger charge is 2.27. The summed E-state index contributed by atoms with van der Waals surface area (Å²) in [4.78, 5) is 36.4. The fourth-order valence-corrected chi connectivity index (χ4v) is 4.70. The Bertz CT molecular complexity index is 1300. The van der Waals surface area contributed by atoms with Gasteiger partial charge in [0.2, 0.25) is 5.91 Å². The monoisotopic (exact) mass is 526 g/mol. The molecule has 0 bridgehead atoms. The van der Waals surface area contributed by atoms with E-state index in [2.05, 4.69) is 4.98 Å². The fourth-order valence-electron chi connectivity index (χ4n) is 4.42. The molecule has 0 radical (unpaired) electrons. The van der Waals surface area contributed by atoms with Gasteiger partial charge in [-0.25, -0.2) is 9.78 Å². The van der Waals surface area contributed by atoms with Gasteiger partial charge in [-0.1, -0.05) is 11.6 Å². The largest absolute Gasteiger partial charge is 0.494 e. The zero-order valence-corrected chi connectivity index (χ0v) is 22.9. The van der Waals surface area contributed by atoms with Crippen LogP contribution in [0.4, 0.5) is 4.79 Å². The number of nitrogens with one attached hydrogen (secondary N) is 1. The van der Waals surface area contributed by atoms with Crippen LogP contribution in [0, 0.1) is 13.8 Å². The number of rotatable bonds is 6. The summed E-state index contributed by atoms with van der Waals surface area (Å²) in [6.45, 7) is 12.0. The summed E-state index contributed by atoms with van der Waals surface area (Å²) in [5.41, 5.74) is 4.35. The Morgan fingerprint density at radius 1 is 1.11 bits per heavy atom. The highest BCUT2D eigenvalue weighted by Crippen LogP contribution is 2.29. The number of hydrogen-bond acceptors (Lipinski definition) is 5. The summed E-state index contributed by atoms with van der Waals surface area (Å²) in [5, 5.41) is 0.683. The molecule has 0 aliphatic carbocycles. The number of ether oxygens (including phenoxy) is 2. The van der Waals surface area contributed by atoms with Gasteiger partial charge >= 0.3 is 6.09 Å². The number of aromatic nitrogens is 2. The van der Waals surface area contributed by atoms with Crippen LogP contribution in [0.3, 0.4) is 0 Å². The van der Waals surface area contributed by atoms with E-state index in [1.54, 1.807) is 9.80 Å². The fraction of sp³-hybridized carbons (Fsp3) is 0.464. The van der Waals surface area contributed by atoms with E-state index in [4.69, 9.17) is 26.1 Å². The van der Waals surface area contributed by atoms with Crippen molar-refractivity contribution in [2.24, 2.45) is 0 Å². The summed E-state index contributed by atoms with van der Waals surface area (Å²) in [6.07, 6.45) is 0.627. The Morgan fingerprint density at radius 2 is 1.89 bits per heavy atom. The highest BCUT2D eigenvalue weighted by molar-refractivity contribution is 6.31. The summed E-state index contributed by atoms with van der Waals surface area (Å²) in [6, 6.07) is 9.73. The number of imidazole rings is 1. The molecule has 4 rings (SSSR count). The lowest BCUT2D eigenvalue weighted by molar-refractivity contribution is -0.130. The second-order valence-electron chi connectivity index (χ2n) is 10.5. The number of H-pyrrole nitrogens is 1. The molecular formula is C28H35ClN4O4. The second kappa shape index (κ2) is 11.0. The number of carbonyl (C=O) groups is 2. The van der Waals surface area contributed by atoms with Crippen LogP contribution in [0.25, 0.3) is 22.4 Å². The normalized spacial score (nSPS) is 14.7. The molecule has 2 aromatic carbocycles. The van der Waals surface area contributed by atoms with Crippen molar-refractivity contribution >= 4 is 34.6 Å². The van der Waals surface area contributed by atoms with E-state index in [1.807, 2.05) is 65.0 Å². The number of fused-ring (bicyclic) bond motifs is 1. The average Bonchev–Trinajstić information content (AvgIpc) is 3.13. The standard InChI is InChI=1S/C28H35ClN4O4/c1-18-16-21(7-8-22(18)26-30-23-17-20(29)15-19(2)25(23)31-26)36-14-6-10-32-12-13-33(11-9-24(32)34)27(35)37-28(3,4)5/h7-8,15-17H,6,9-14H2,1-5H3,(H,30,31). The molecule has 2 heterocycles. The maximum Gasteiger partial charge on any atom is 0.410 e. The van der Waals surface area contributed by atoms with Crippen molar-refractivity contribution in [3.63, 3.8) is 0 Å². The van der Waals surface area contributed by atoms with E-state index in [0.717, 1.165) is 39.3 Å². The first-order valence-electron chi connectivity index (χ1n) is 12.7. The van der Waals surface area contributed by atoms with Gasteiger partial charge in [0.25, 0.3) is 0 Å². The number of halogens is 1. The van der Waals surface area contributed by atoms with Gasteiger partial charge < -0.3 is 24.3 Å². The quantitative estimate of drug-likeness (QED) is 0.414. The van der Waals surface area contributed by atoms with Gasteiger partial charge in [0.05, 0.1) is 17.6 Å². The van der Waals surface area contributed by atoms with Gasteiger partial charge in [0.1, 0.15) is 17.2 Å².